The second-order valence-electron chi connectivity index (χ2n) is 7.33. The number of rotatable bonds is 6. The van der Waals surface area contributed by atoms with Gasteiger partial charge in [0.1, 0.15) is 5.69 Å². The number of aliphatic hydroxyl groups excluding tert-OH is 1. The maximum atomic E-state index is 12.7. The minimum absolute atomic E-state index is 0.0764. The van der Waals surface area contributed by atoms with E-state index in [1.807, 2.05) is 30.3 Å². The van der Waals surface area contributed by atoms with E-state index in [1.54, 1.807) is 10.9 Å². The quantitative estimate of drug-likeness (QED) is 0.801. The van der Waals surface area contributed by atoms with Crippen molar-refractivity contribution in [3.63, 3.8) is 0 Å². The molecule has 3 aliphatic rings. The topological polar surface area (TPSA) is 83.3 Å². The highest BCUT2D eigenvalue weighted by molar-refractivity contribution is 5.79. The van der Waals surface area contributed by atoms with Crippen molar-refractivity contribution in [1.82, 2.24) is 25.2 Å². The molecule has 1 unspecified atom stereocenters. The van der Waals surface area contributed by atoms with Crippen LogP contribution < -0.4 is 5.32 Å². The van der Waals surface area contributed by atoms with Crippen molar-refractivity contribution in [1.29, 1.82) is 0 Å². The summed E-state index contributed by atoms with van der Waals surface area (Å²) in [7, 11) is 0. The molecule has 138 valence electrons. The lowest BCUT2D eigenvalue weighted by atomic mass is 9.75. The van der Waals surface area contributed by atoms with Crippen molar-refractivity contribution in [2.45, 2.75) is 38.6 Å². The van der Waals surface area contributed by atoms with Gasteiger partial charge in [0.05, 0.1) is 25.3 Å². The molecular formula is C19H25N5O2. The van der Waals surface area contributed by atoms with Crippen LogP contribution in [0.25, 0.3) is 0 Å². The second kappa shape index (κ2) is 7.55. The van der Waals surface area contributed by atoms with E-state index in [0.717, 1.165) is 38.0 Å². The molecule has 2 aromatic rings. The Balaban J connectivity index is 1.33. The van der Waals surface area contributed by atoms with Crippen LogP contribution in [0.3, 0.4) is 0 Å². The Morgan fingerprint density at radius 2 is 2.15 bits per heavy atom. The van der Waals surface area contributed by atoms with Crippen LogP contribution in [0.15, 0.2) is 36.5 Å². The zero-order chi connectivity index (χ0) is 17.9. The van der Waals surface area contributed by atoms with Gasteiger partial charge in [-0.1, -0.05) is 35.5 Å². The molecule has 3 aliphatic heterocycles. The van der Waals surface area contributed by atoms with Gasteiger partial charge in [-0.05, 0) is 30.9 Å². The minimum atomic E-state index is -0.0827. The zero-order valence-corrected chi connectivity index (χ0v) is 14.8. The number of fused-ring (bicyclic) bond motifs is 3. The normalized spacial score (nSPS) is 27.4. The van der Waals surface area contributed by atoms with Gasteiger partial charge in [-0.25, -0.2) is 0 Å². The first-order chi connectivity index (χ1) is 12.7. The van der Waals surface area contributed by atoms with E-state index >= 15 is 0 Å². The third-order valence-electron chi connectivity index (χ3n) is 5.67. The lowest BCUT2D eigenvalue weighted by Crippen LogP contribution is -2.58. The van der Waals surface area contributed by atoms with Gasteiger partial charge in [0, 0.05) is 19.1 Å². The van der Waals surface area contributed by atoms with E-state index in [4.69, 9.17) is 5.11 Å². The van der Waals surface area contributed by atoms with Gasteiger partial charge in [-0.2, -0.15) is 0 Å². The highest BCUT2D eigenvalue weighted by Gasteiger charge is 2.43. The molecule has 2 bridgehead atoms. The molecule has 4 atom stereocenters. The van der Waals surface area contributed by atoms with E-state index in [-0.39, 0.29) is 18.4 Å². The summed E-state index contributed by atoms with van der Waals surface area (Å²) in [5.41, 5.74) is 1.73. The fourth-order valence-corrected chi connectivity index (χ4v) is 4.26. The number of nitrogens with one attached hydrogen (secondary N) is 1. The molecule has 7 heteroatoms. The average Bonchev–Trinajstić information content (AvgIpc) is 3.15. The van der Waals surface area contributed by atoms with Crippen LogP contribution in [-0.4, -0.2) is 50.0 Å². The Morgan fingerprint density at radius 3 is 2.85 bits per heavy atom. The summed E-state index contributed by atoms with van der Waals surface area (Å²) in [4.78, 5) is 15.1. The van der Waals surface area contributed by atoms with Crippen molar-refractivity contribution >= 4 is 5.91 Å². The predicted octanol–water partition coefficient (Wildman–Crippen LogP) is 0.797. The molecule has 3 fully saturated rings. The zero-order valence-electron chi connectivity index (χ0n) is 14.8. The molecular weight excluding hydrogens is 330 g/mol. The van der Waals surface area contributed by atoms with Crippen molar-refractivity contribution < 1.29 is 9.90 Å². The predicted molar refractivity (Wildman–Crippen MR) is 95.8 cm³/mol. The Morgan fingerprint density at radius 1 is 1.31 bits per heavy atom. The summed E-state index contributed by atoms with van der Waals surface area (Å²) in [6, 6.07) is 10.4. The molecule has 0 aliphatic carbocycles. The fourth-order valence-electron chi connectivity index (χ4n) is 4.26. The highest BCUT2D eigenvalue weighted by atomic mass is 16.3. The van der Waals surface area contributed by atoms with Crippen molar-refractivity contribution in [2.75, 3.05) is 13.1 Å². The summed E-state index contributed by atoms with van der Waals surface area (Å²) < 4.78 is 1.81. The molecule has 0 spiro atoms. The second-order valence-corrected chi connectivity index (χ2v) is 7.33. The highest BCUT2D eigenvalue weighted by Crippen LogP contribution is 2.36. The lowest BCUT2D eigenvalue weighted by Gasteiger charge is -2.49. The molecule has 1 aromatic heterocycles. The summed E-state index contributed by atoms with van der Waals surface area (Å²) in [6.45, 7) is 3.13. The van der Waals surface area contributed by atoms with Crippen LogP contribution in [0, 0.1) is 11.8 Å². The number of benzene rings is 1. The van der Waals surface area contributed by atoms with Crippen LogP contribution in [0.4, 0.5) is 0 Å². The molecule has 26 heavy (non-hydrogen) atoms. The standard InChI is InChI=1S/C19H25N5O2/c25-13-16-10-24(22-21-16)11-17-8-15-6-7-23(17)12-18(15)19(26)20-9-14-4-2-1-3-5-14/h1-5,10,15,17-18,25H,6-9,11-13H2,(H,20,26)/t15-,17+,18-/m0/s1. The van der Waals surface area contributed by atoms with Gasteiger partial charge < -0.3 is 10.4 Å². The van der Waals surface area contributed by atoms with Gasteiger partial charge in [0.2, 0.25) is 5.91 Å². The number of aliphatic hydroxyl groups is 1. The Bertz CT molecular complexity index is 747. The van der Waals surface area contributed by atoms with Crippen molar-refractivity contribution in [3.05, 3.63) is 47.8 Å². The first kappa shape index (κ1) is 17.2. The SMILES string of the molecule is O=C(NCc1ccccc1)[C@H]1CN2CC[C@H]1C[C@@H]2Cn1cc(CO)nn1. The first-order valence-corrected chi connectivity index (χ1v) is 9.28. The summed E-state index contributed by atoms with van der Waals surface area (Å²) in [5, 5.41) is 20.2. The van der Waals surface area contributed by atoms with E-state index in [1.165, 1.54) is 0 Å². The number of carbonyl (C=O) groups is 1. The Kier molecular flexibility index (Phi) is 4.99. The smallest absolute Gasteiger partial charge is 0.224 e. The number of carbonyl (C=O) groups excluding carboxylic acids is 1. The molecule has 1 aromatic carbocycles. The van der Waals surface area contributed by atoms with E-state index < -0.39 is 0 Å². The molecule has 3 saturated heterocycles. The largest absolute Gasteiger partial charge is 0.390 e. The Labute approximate surface area is 153 Å². The van der Waals surface area contributed by atoms with Gasteiger partial charge in [0.25, 0.3) is 0 Å². The van der Waals surface area contributed by atoms with Gasteiger partial charge in [0.15, 0.2) is 0 Å². The van der Waals surface area contributed by atoms with Crippen LogP contribution in [0.2, 0.25) is 0 Å². The van der Waals surface area contributed by atoms with Crippen LogP contribution in [0.1, 0.15) is 24.1 Å². The number of amides is 1. The molecule has 2 N–H and O–H groups in total. The monoisotopic (exact) mass is 355 g/mol. The number of nitrogens with zero attached hydrogens (tertiary/aromatic N) is 4. The number of aromatic nitrogens is 3. The molecule has 4 heterocycles. The van der Waals surface area contributed by atoms with Crippen LogP contribution >= 0.6 is 0 Å². The maximum absolute atomic E-state index is 12.7. The number of hydrogen-bond donors (Lipinski definition) is 2. The molecule has 0 saturated carbocycles. The van der Waals surface area contributed by atoms with E-state index in [0.29, 0.717) is 24.2 Å². The van der Waals surface area contributed by atoms with Crippen molar-refractivity contribution in [2.24, 2.45) is 11.8 Å². The maximum Gasteiger partial charge on any atom is 0.224 e. The fraction of sp³-hybridized carbons (Fsp3) is 0.526. The Hall–Kier alpha value is -2.25. The molecule has 1 amide bonds. The van der Waals surface area contributed by atoms with E-state index in [9.17, 15) is 4.79 Å². The van der Waals surface area contributed by atoms with Crippen LogP contribution in [0.5, 0.6) is 0 Å². The number of piperidine rings is 3. The van der Waals surface area contributed by atoms with Gasteiger partial charge >= 0.3 is 0 Å². The lowest BCUT2D eigenvalue weighted by molar-refractivity contribution is -0.133. The molecule has 5 rings (SSSR count). The number of hydrogen-bond acceptors (Lipinski definition) is 5. The summed E-state index contributed by atoms with van der Waals surface area (Å²) in [6.07, 6.45) is 3.89. The summed E-state index contributed by atoms with van der Waals surface area (Å²) in [5.74, 6) is 0.680. The molecule has 7 nitrogen and oxygen atoms in total. The third-order valence-corrected chi connectivity index (χ3v) is 5.67. The minimum Gasteiger partial charge on any atom is -0.390 e. The van der Waals surface area contributed by atoms with Crippen LogP contribution in [-0.2, 0) is 24.5 Å². The van der Waals surface area contributed by atoms with E-state index in [2.05, 4.69) is 20.5 Å². The molecule has 0 radical (unpaired) electrons. The van der Waals surface area contributed by atoms with Gasteiger partial charge in [-0.3, -0.25) is 14.4 Å². The summed E-state index contributed by atoms with van der Waals surface area (Å²) >= 11 is 0. The first-order valence-electron chi connectivity index (χ1n) is 9.28. The third kappa shape index (κ3) is 3.64. The van der Waals surface area contributed by atoms with Crippen molar-refractivity contribution in [3.8, 4) is 0 Å². The average molecular weight is 355 g/mol. The van der Waals surface area contributed by atoms with Gasteiger partial charge in [-0.15, -0.1) is 5.10 Å².